The molecule has 0 aromatic heterocycles. The second kappa shape index (κ2) is 6.91. The molecule has 104 valence electrons. The molecule has 0 bridgehead atoms. The average Bonchev–Trinajstić information content (AvgIpc) is 2.91. The van der Waals surface area contributed by atoms with E-state index >= 15 is 0 Å². The zero-order valence-corrected chi connectivity index (χ0v) is 12.5. The summed E-state index contributed by atoms with van der Waals surface area (Å²) in [5, 5.41) is 2.93. The fourth-order valence-electron chi connectivity index (χ4n) is 2.15. The summed E-state index contributed by atoms with van der Waals surface area (Å²) in [5.41, 5.74) is 0.563. The summed E-state index contributed by atoms with van der Waals surface area (Å²) in [6.07, 6.45) is 2.06. The third kappa shape index (κ3) is 3.94. The van der Waals surface area contributed by atoms with Crippen molar-refractivity contribution in [2.24, 2.45) is 5.92 Å². The number of nitrogens with one attached hydrogen (secondary N) is 1. The summed E-state index contributed by atoms with van der Waals surface area (Å²) in [6.45, 7) is 2.34. The highest BCUT2D eigenvalue weighted by Gasteiger charge is 2.16. The standard InChI is InChI=1S/C14H18BrNO3/c1-18-13-8-11(15)2-3-12(13)14(17)16-6-4-10-5-7-19-9-10/h2-3,8,10H,4-7,9H2,1H3,(H,16,17). The molecule has 1 fully saturated rings. The maximum atomic E-state index is 12.1. The first kappa shape index (κ1) is 14.3. The quantitative estimate of drug-likeness (QED) is 0.904. The number of carbonyl (C=O) groups excluding carboxylic acids is 1. The van der Waals surface area contributed by atoms with Gasteiger partial charge in [-0.15, -0.1) is 0 Å². The van der Waals surface area contributed by atoms with Crippen LogP contribution in [0.4, 0.5) is 0 Å². The minimum atomic E-state index is -0.0942. The molecule has 1 aliphatic heterocycles. The summed E-state index contributed by atoms with van der Waals surface area (Å²) in [6, 6.07) is 5.39. The predicted octanol–water partition coefficient (Wildman–Crippen LogP) is 2.61. The molecule has 1 unspecified atom stereocenters. The Morgan fingerprint density at radius 3 is 3.11 bits per heavy atom. The molecule has 1 aliphatic rings. The Morgan fingerprint density at radius 1 is 1.58 bits per heavy atom. The van der Waals surface area contributed by atoms with Crippen LogP contribution in [0.25, 0.3) is 0 Å². The van der Waals surface area contributed by atoms with Crippen LogP contribution in [0.1, 0.15) is 23.2 Å². The third-order valence-electron chi connectivity index (χ3n) is 3.27. The van der Waals surface area contributed by atoms with Crippen LogP contribution in [0.15, 0.2) is 22.7 Å². The number of amides is 1. The summed E-state index contributed by atoms with van der Waals surface area (Å²) in [5.74, 6) is 1.06. The molecule has 1 heterocycles. The molecule has 1 aromatic rings. The van der Waals surface area contributed by atoms with Crippen molar-refractivity contribution in [3.63, 3.8) is 0 Å². The van der Waals surface area contributed by atoms with Crippen molar-refractivity contribution in [3.05, 3.63) is 28.2 Å². The van der Waals surface area contributed by atoms with E-state index in [0.29, 0.717) is 23.8 Å². The molecule has 0 saturated carbocycles. The summed E-state index contributed by atoms with van der Waals surface area (Å²) in [4.78, 5) is 12.1. The van der Waals surface area contributed by atoms with Crippen molar-refractivity contribution < 1.29 is 14.3 Å². The molecule has 1 aromatic carbocycles. The zero-order chi connectivity index (χ0) is 13.7. The van der Waals surface area contributed by atoms with Crippen molar-refractivity contribution in [2.75, 3.05) is 26.9 Å². The van der Waals surface area contributed by atoms with Crippen LogP contribution in [-0.2, 0) is 4.74 Å². The van der Waals surface area contributed by atoms with E-state index in [0.717, 1.165) is 30.5 Å². The van der Waals surface area contributed by atoms with E-state index in [-0.39, 0.29) is 5.91 Å². The highest BCUT2D eigenvalue weighted by molar-refractivity contribution is 9.10. The van der Waals surface area contributed by atoms with Crippen LogP contribution < -0.4 is 10.1 Å². The first-order valence-electron chi connectivity index (χ1n) is 6.40. The van der Waals surface area contributed by atoms with Crippen molar-refractivity contribution in [1.82, 2.24) is 5.32 Å². The van der Waals surface area contributed by atoms with Gasteiger partial charge in [-0.2, -0.15) is 0 Å². The van der Waals surface area contributed by atoms with Gasteiger partial charge < -0.3 is 14.8 Å². The molecule has 5 heteroatoms. The van der Waals surface area contributed by atoms with Gasteiger partial charge in [-0.25, -0.2) is 0 Å². The molecule has 0 spiro atoms. The zero-order valence-electron chi connectivity index (χ0n) is 10.9. The molecular weight excluding hydrogens is 310 g/mol. The van der Waals surface area contributed by atoms with Gasteiger partial charge in [0.1, 0.15) is 5.75 Å². The Morgan fingerprint density at radius 2 is 2.42 bits per heavy atom. The summed E-state index contributed by atoms with van der Waals surface area (Å²) in [7, 11) is 1.56. The normalized spacial score (nSPS) is 18.3. The van der Waals surface area contributed by atoms with Crippen molar-refractivity contribution in [2.45, 2.75) is 12.8 Å². The number of halogens is 1. The topological polar surface area (TPSA) is 47.6 Å². The molecule has 19 heavy (non-hydrogen) atoms. The monoisotopic (exact) mass is 327 g/mol. The number of benzene rings is 1. The van der Waals surface area contributed by atoms with Crippen LogP contribution in [0.2, 0.25) is 0 Å². The van der Waals surface area contributed by atoms with E-state index in [1.54, 1.807) is 19.2 Å². The Labute approximate surface area is 121 Å². The number of rotatable bonds is 5. The van der Waals surface area contributed by atoms with Gasteiger partial charge >= 0.3 is 0 Å². The number of hydrogen-bond donors (Lipinski definition) is 1. The largest absolute Gasteiger partial charge is 0.496 e. The van der Waals surface area contributed by atoms with E-state index in [2.05, 4.69) is 21.2 Å². The highest BCUT2D eigenvalue weighted by Crippen LogP contribution is 2.23. The third-order valence-corrected chi connectivity index (χ3v) is 3.76. The van der Waals surface area contributed by atoms with Crippen molar-refractivity contribution in [1.29, 1.82) is 0 Å². The lowest BCUT2D eigenvalue weighted by Gasteiger charge is -2.11. The van der Waals surface area contributed by atoms with Gasteiger partial charge in [-0.1, -0.05) is 15.9 Å². The number of methoxy groups -OCH3 is 1. The molecule has 1 amide bonds. The van der Waals surface area contributed by atoms with Crippen LogP contribution in [0.5, 0.6) is 5.75 Å². The first-order chi connectivity index (χ1) is 9.20. The van der Waals surface area contributed by atoms with Gasteiger partial charge in [0.25, 0.3) is 5.91 Å². The Balaban J connectivity index is 1.88. The maximum Gasteiger partial charge on any atom is 0.255 e. The molecule has 0 aliphatic carbocycles. The second-order valence-corrected chi connectivity index (χ2v) is 5.53. The molecule has 1 saturated heterocycles. The SMILES string of the molecule is COc1cc(Br)ccc1C(=O)NCCC1CCOC1. The van der Waals surface area contributed by atoms with E-state index < -0.39 is 0 Å². The Bertz CT molecular complexity index is 444. The van der Waals surface area contributed by atoms with Gasteiger partial charge in [-0.3, -0.25) is 4.79 Å². The van der Waals surface area contributed by atoms with Gasteiger partial charge in [-0.05, 0) is 37.0 Å². The summed E-state index contributed by atoms with van der Waals surface area (Å²) >= 11 is 3.36. The minimum absolute atomic E-state index is 0.0942. The lowest BCUT2D eigenvalue weighted by Crippen LogP contribution is -2.26. The Kier molecular flexibility index (Phi) is 5.22. The van der Waals surface area contributed by atoms with Crippen LogP contribution in [0.3, 0.4) is 0 Å². The number of ether oxygens (including phenoxy) is 2. The molecular formula is C14H18BrNO3. The molecule has 4 nitrogen and oxygen atoms in total. The molecule has 1 atom stereocenters. The van der Waals surface area contributed by atoms with Gasteiger partial charge in [0, 0.05) is 24.2 Å². The van der Waals surface area contributed by atoms with Crippen molar-refractivity contribution in [3.8, 4) is 5.75 Å². The maximum absolute atomic E-state index is 12.1. The fraction of sp³-hybridized carbons (Fsp3) is 0.500. The fourth-order valence-corrected chi connectivity index (χ4v) is 2.49. The number of hydrogen-bond acceptors (Lipinski definition) is 3. The molecule has 2 rings (SSSR count). The summed E-state index contributed by atoms with van der Waals surface area (Å²) < 4.78 is 11.4. The Hall–Kier alpha value is -1.07. The lowest BCUT2D eigenvalue weighted by molar-refractivity contribution is 0.0947. The first-order valence-corrected chi connectivity index (χ1v) is 7.19. The highest BCUT2D eigenvalue weighted by atomic mass is 79.9. The number of carbonyl (C=O) groups is 1. The van der Waals surface area contributed by atoms with Gasteiger partial charge in [0.2, 0.25) is 0 Å². The lowest BCUT2D eigenvalue weighted by atomic mass is 10.1. The van der Waals surface area contributed by atoms with Crippen LogP contribution in [-0.4, -0.2) is 32.8 Å². The van der Waals surface area contributed by atoms with Crippen LogP contribution in [0, 0.1) is 5.92 Å². The predicted molar refractivity (Wildman–Crippen MR) is 76.6 cm³/mol. The van der Waals surface area contributed by atoms with Crippen LogP contribution >= 0.6 is 15.9 Å². The van der Waals surface area contributed by atoms with Gasteiger partial charge in [0.05, 0.1) is 12.7 Å². The molecule has 0 radical (unpaired) electrons. The van der Waals surface area contributed by atoms with E-state index in [1.165, 1.54) is 0 Å². The second-order valence-electron chi connectivity index (χ2n) is 4.62. The van der Waals surface area contributed by atoms with Gasteiger partial charge in [0.15, 0.2) is 0 Å². The van der Waals surface area contributed by atoms with Crippen molar-refractivity contribution >= 4 is 21.8 Å². The van der Waals surface area contributed by atoms with E-state index in [1.807, 2.05) is 6.07 Å². The average molecular weight is 328 g/mol. The minimum Gasteiger partial charge on any atom is -0.496 e. The smallest absolute Gasteiger partial charge is 0.255 e. The van der Waals surface area contributed by atoms with E-state index in [4.69, 9.17) is 9.47 Å². The molecule has 1 N–H and O–H groups in total. The van der Waals surface area contributed by atoms with E-state index in [9.17, 15) is 4.79 Å².